The second-order valence-corrected chi connectivity index (χ2v) is 9.38. The van der Waals surface area contributed by atoms with Gasteiger partial charge < -0.3 is 0 Å². The summed E-state index contributed by atoms with van der Waals surface area (Å²) < 4.78 is 14.2. The van der Waals surface area contributed by atoms with Gasteiger partial charge in [-0.25, -0.2) is 9.37 Å². The summed E-state index contributed by atoms with van der Waals surface area (Å²) >= 11 is 3.04. The predicted molar refractivity (Wildman–Crippen MR) is 116 cm³/mol. The van der Waals surface area contributed by atoms with Crippen LogP contribution in [0.4, 0.5) is 15.2 Å². The SMILES string of the molecule is CC(=O)N(c1nc(CSc2ccc(C(C)(C)C)cc2)cs1)c1ccccc1F. The second kappa shape index (κ2) is 8.45. The molecule has 0 fully saturated rings. The van der Waals surface area contributed by atoms with Crippen LogP contribution in [0.3, 0.4) is 0 Å². The summed E-state index contributed by atoms with van der Waals surface area (Å²) in [5.41, 5.74) is 2.53. The molecule has 1 amide bonds. The lowest BCUT2D eigenvalue weighted by Gasteiger charge is -2.19. The van der Waals surface area contributed by atoms with Crippen molar-refractivity contribution in [2.75, 3.05) is 4.90 Å². The minimum Gasteiger partial charge on any atom is -0.274 e. The van der Waals surface area contributed by atoms with Gasteiger partial charge in [0.15, 0.2) is 5.13 Å². The first-order valence-corrected chi connectivity index (χ1v) is 10.8. The van der Waals surface area contributed by atoms with Crippen molar-refractivity contribution in [3.8, 4) is 0 Å². The number of thioether (sulfide) groups is 1. The first-order valence-electron chi connectivity index (χ1n) is 8.98. The average Bonchev–Trinajstić information content (AvgIpc) is 3.09. The molecule has 0 spiro atoms. The van der Waals surface area contributed by atoms with E-state index in [2.05, 4.69) is 50.0 Å². The number of nitrogens with zero attached hydrogens (tertiary/aromatic N) is 2. The predicted octanol–water partition coefficient (Wildman–Crippen LogP) is 6.56. The van der Waals surface area contributed by atoms with Crippen LogP contribution in [0.25, 0.3) is 0 Å². The van der Waals surface area contributed by atoms with Gasteiger partial charge >= 0.3 is 0 Å². The van der Waals surface area contributed by atoms with Gasteiger partial charge in [0.25, 0.3) is 0 Å². The zero-order chi connectivity index (χ0) is 20.3. The van der Waals surface area contributed by atoms with Gasteiger partial charge in [-0.3, -0.25) is 9.69 Å². The summed E-state index contributed by atoms with van der Waals surface area (Å²) in [4.78, 5) is 19.2. The Morgan fingerprint density at radius 2 is 1.82 bits per heavy atom. The number of aromatic nitrogens is 1. The summed E-state index contributed by atoms with van der Waals surface area (Å²) in [6, 6.07) is 14.8. The summed E-state index contributed by atoms with van der Waals surface area (Å²) in [6.45, 7) is 8.01. The first kappa shape index (κ1) is 20.6. The Morgan fingerprint density at radius 1 is 1.14 bits per heavy atom. The molecule has 28 heavy (non-hydrogen) atoms. The van der Waals surface area contributed by atoms with E-state index in [0.29, 0.717) is 10.9 Å². The van der Waals surface area contributed by atoms with Crippen molar-refractivity contribution in [1.29, 1.82) is 0 Å². The average molecular weight is 415 g/mol. The topological polar surface area (TPSA) is 33.2 Å². The summed E-state index contributed by atoms with van der Waals surface area (Å²) in [6.07, 6.45) is 0. The molecule has 3 nitrogen and oxygen atoms in total. The fourth-order valence-corrected chi connectivity index (χ4v) is 4.49. The van der Waals surface area contributed by atoms with E-state index in [9.17, 15) is 9.18 Å². The van der Waals surface area contributed by atoms with Gasteiger partial charge in [0, 0.05) is 23.0 Å². The third-order valence-corrected chi connectivity index (χ3v) is 6.17. The molecule has 0 atom stereocenters. The lowest BCUT2D eigenvalue weighted by atomic mass is 9.87. The summed E-state index contributed by atoms with van der Waals surface area (Å²) in [5, 5.41) is 2.40. The van der Waals surface area contributed by atoms with Gasteiger partial charge in [0.2, 0.25) is 5.91 Å². The third kappa shape index (κ3) is 4.80. The molecule has 2 aromatic carbocycles. The molecule has 6 heteroatoms. The highest BCUT2D eigenvalue weighted by Crippen LogP contribution is 2.33. The Balaban J connectivity index is 1.73. The van der Waals surface area contributed by atoms with E-state index >= 15 is 0 Å². The van der Waals surface area contributed by atoms with E-state index in [1.54, 1.807) is 30.0 Å². The number of thiazole rings is 1. The van der Waals surface area contributed by atoms with Gasteiger partial charge in [-0.15, -0.1) is 23.1 Å². The Labute approximate surface area is 173 Å². The quantitative estimate of drug-likeness (QED) is 0.444. The van der Waals surface area contributed by atoms with E-state index in [1.165, 1.54) is 39.7 Å². The molecule has 0 saturated heterocycles. The smallest absolute Gasteiger partial charge is 0.230 e. The standard InChI is InChI=1S/C22H23FN2OS2/c1-15(26)25(20-8-6-5-7-19(20)23)21-24-17(14-28-21)13-27-18-11-9-16(10-12-18)22(2,3)4/h5-12,14H,13H2,1-4H3. The van der Waals surface area contributed by atoms with Crippen LogP contribution < -0.4 is 4.90 Å². The molecule has 1 aromatic heterocycles. The largest absolute Gasteiger partial charge is 0.274 e. The summed E-state index contributed by atoms with van der Waals surface area (Å²) in [5.74, 6) is -0.0202. The fourth-order valence-electron chi connectivity index (χ4n) is 2.71. The van der Waals surface area contributed by atoms with Crippen molar-refractivity contribution in [3.63, 3.8) is 0 Å². The number of amides is 1. The molecule has 146 valence electrons. The molecule has 0 bridgehead atoms. The Kier molecular flexibility index (Phi) is 6.20. The van der Waals surface area contributed by atoms with Gasteiger partial charge in [0.1, 0.15) is 5.82 Å². The lowest BCUT2D eigenvalue weighted by molar-refractivity contribution is -0.115. The van der Waals surface area contributed by atoms with Crippen LogP contribution in [0.1, 0.15) is 39.0 Å². The van der Waals surface area contributed by atoms with E-state index < -0.39 is 5.82 Å². The summed E-state index contributed by atoms with van der Waals surface area (Å²) in [7, 11) is 0. The number of carbonyl (C=O) groups is 1. The third-order valence-electron chi connectivity index (χ3n) is 4.25. The van der Waals surface area contributed by atoms with Gasteiger partial charge in [-0.2, -0.15) is 0 Å². The van der Waals surface area contributed by atoms with Crippen molar-refractivity contribution in [2.45, 2.75) is 43.8 Å². The molecule has 3 aromatic rings. The van der Waals surface area contributed by atoms with Gasteiger partial charge in [-0.05, 0) is 35.2 Å². The van der Waals surface area contributed by atoms with Crippen molar-refractivity contribution in [1.82, 2.24) is 4.98 Å². The Bertz CT molecular complexity index is 961. The van der Waals surface area contributed by atoms with Crippen LogP contribution in [0, 0.1) is 5.82 Å². The molecule has 0 saturated carbocycles. The molecule has 0 aliphatic heterocycles. The van der Waals surface area contributed by atoms with Crippen molar-refractivity contribution >= 4 is 39.8 Å². The van der Waals surface area contributed by atoms with E-state index in [-0.39, 0.29) is 17.0 Å². The normalized spacial score (nSPS) is 11.5. The van der Waals surface area contributed by atoms with E-state index in [4.69, 9.17) is 0 Å². The molecule has 3 rings (SSSR count). The highest BCUT2D eigenvalue weighted by atomic mass is 32.2. The van der Waals surface area contributed by atoms with Crippen LogP contribution in [0.15, 0.2) is 58.8 Å². The zero-order valence-corrected chi connectivity index (χ0v) is 18.0. The van der Waals surface area contributed by atoms with Crippen LogP contribution in [-0.2, 0) is 16.0 Å². The minimum atomic E-state index is -0.442. The molecular formula is C22H23FN2OS2. The van der Waals surface area contributed by atoms with Crippen molar-refractivity contribution in [2.24, 2.45) is 0 Å². The van der Waals surface area contributed by atoms with Gasteiger partial charge in [0.05, 0.1) is 11.4 Å². The number of halogens is 1. The van der Waals surface area contributed by atoms with Crippen LogP contribution in [-0.4, -0.2) is 10.9 Å². The maximum Gasteiger partial charge on any atom is 0.230 e. The maximum absolute atomic E-state index is 14.2. The fraction of sp³-hybridized carbons (Fsp3) is 0.273. The number of para-hydroxylation sites is 1. The molecule has 0 aliphatic carbocycles. The van der Waals surface area contributed by atoms with Crippen LogP contribution in [0.5, 0.6) is 0 Å². The Morgan fingerprint density at radius 3 is 2.43 bits per heavy atom. The monoisotopic (exact) mass is 414 g/mol. The van der Waals surface area contributed by atoms with Gasteiger partial charge in [-0.1, -0.05) is 45.0 Å². The molecule has 0 aliphatic rings. The molecule has 1 heterocycles. The number of rotatable bonds is 5. The zero-order valence-electron chi connectivity index (χ0n) is 16.4. The van der Waals surface area contributed by atoms with Crippen LogP contribution in [0.2, 0.25) is 0 Å². The van der Waals surface area contributed by atoms with E-state index in [0.717, 1.165) is 5.69 Å². The highest BCUT2D eigenvalue weighted by Gasteiger charge is 2.21. The minimum absolute atomic E-state index is 0.135. The number of hydrogen-bond acceptors (Lipinski definition) is 4. The van der Waals surface area contributed by atoms with Crippen LogP contribution >= 0.6 is 23.1 Å². The number of carbonyl (C=O) groups excluding carboxylic acids is 1. The first-order chi connectivity index (χ1) is 13.3. The molecular weight excluding hydrogens is 391 g/mol. The highest BCUT2D eigenvalue weighted by molar-refractivity contribution is 7.98. The second-order valence-electron chi connectivity index (χ2n) is 7.49. The van der Waals surface area contributed by atoms with E-state index in [1.807, 2.05) is 5.38 Å². The molecule has 0 N–H and O–H groups in total. The Hall–Kier alpha value is -2.18. The number of benzene rings is 2. The number of anilines is 2. The lowest BCUT2D eigenvalue weighted by Crippen LogP contribution is -2.23. The number of hydrogen-bond donors (Lipinski definition) is 0. The molecule has 0 unspecified atom stereocenters. The van der Waals surface area contributed by atoms with Crippen molar-refractivity contribution < 1.29 is 9.18 Å². The molecule has 0 radical (unpaired) electrons. The van der Waals surface area contributed by atoms with Crippen molar-refractivity contribution in [3.05, 3.63) is 71.0 Å². The maximum atomic E-state index is 14.2.